The highest BCUT2D eigenvalue weighted by atomic mass is 14.7. The summed E-state index contributed by atoms with van der Waals surface area (Å²) in [5, 5.41) is 0. The third kappa shape index (κ3) is 2.50. The molecule has 15 heavy (non-hydrogen) atoms. The van der Waals surface area contributed by atoms with Gasteiger partial charge in [-0.2, -0.15) is 0 Å². The molecule has 0 spiro atoms. The van der Waals surface area contributed by atoms with Gasteiger partial charge in [0.05, 0.1) is 0 Å². The smallest absolute Gasteiger partial charge is 0.0118 e. The molecule has 0 aliphatic carbocycles. The molecule has 0 radical (unpaired) electrons. The summed E-state index contributed by atoms with van der Waals surface area (Å²) in [6, 6.07) is 10.8. The lowest BCUT2D eigenvalue weighted by Crippen LogP contribution is -1.92. The van der Waals surface area contributed by atoms with Gasteiger partial charge < -0.3 is 4.98 Å². The molecular weight excluding hydrogens is 182 g/mol. The Morgan fingerprint density at radius 2 is 1.93 bits per heavy atom. The SMILES string of the molecule is Cc1cc(CCc2ccccc2C)c[nH]1.[HH].[HH]. The van der Waals surface area contributed by atoms with Crippen molar-refractivity contribution in [2.24, 2.45) is 0 Å². The standard InChI is InChI=1S/C14H17N.2H2/c1-11-5-3-4-6-14(11)8-7-13-9-12(2)15-10-13;;/h3-6,9-10,15H,7-8H2,1-2H3;2*1H. The molecule has 0 aliphatic heterocycles. The van der Waals surface area contributed by atoms with Crippen molar-refractivity contribution in [2.45, 2.75) is 26.7 Å². The van der Waals surface area contributed by atoms with Gasteiger partial charge >= 0.3 is 0 Å². The summed E-state index contributed by atoms with van der Waals surface area (Å²) in [5.41, 5.74) is 5.49. The maximum absolute atomic E-state index is 3.22. The summed E-state index contributed by atoms with van der Waals surface area (Å²) in [4.78, 5) is 3.22. The summed E-state index contributed by atoms with van der Waals surface area (Å²) in [6.45, 7) is 4.27. The average Bonchev–Trinajstić information content (AvgIpc) is 2.63. The van der Waals surface area contributed by atoms with Gasteiger partial charge in [0.25, 0.3) is 0 Å². The Labute approximate surface area is 94.1 Å². The van der Waals surface area contributed by atoms with E-state index in [4.69, 9.17) is 0 Å². The van der Waals surface area contributed by atoms with E-state index in [0.717, 1.165) is 12.8 Å². The highest BCUT2D eigenvalue weighted by Crippen LogP contribution is 2.11. The lowest BCUT2D eigenvalue weighted by molar-refractivity contribution is 0.951. The molecule has 1 aromatic carbocycles. The minimum absolute atomic E-state index is 0. The van der Waals surface area contributed by atoms with Gasteiger partial charge in [-0.15, -0.1) is 0 Å². The van der Waals surface area contributed by atoms with Crippen molar-refractivity contribution < 1.29 is 2.85 Å². The molecule has 1 heteroatoms. The number of aryl methyl sites for hydroxylation is 4. The predicted octanol–water partition coefficient (Wildman–Crippen LogP) is 3.91. The Bertz CT molecular complexity index is 449. The van der Waals surface area contributed by atoms with Gasteiger partial charge in [-0.3, -0.25) is 0 Å². The molecule has 1 heterocycles. The van der Waals surface area contributed by atoms with Gasteiger partial charge in [-0.05, 0) is 49.4 Å². The Balaban J connectivity index is 0.00000128. The first-order chi connectivity index (χ1) is 7.25. The van der Waals surface area contributed by atoms with Gasteiger partial charge in [0.15, 0.2) is 0 Å². The van der Waals surface area contributed by atoms with E-state index in [-0.39, 0.29) is 2.85 Å². The molecule has 0 aliphatic rings. The van der Waals surface area contributed by atoms with Gasteiger partial charge in [-0.1, -0.05) is 24.3 Å². The fraction of sp³-hybridized carbons (Fsp3) is 0.286. The molecule has 82 valence electrons. The number of rotatable bonds is 3. The normalized spacial score (nSPS) is 10.5. The number of benzene rings is 1. The first-order valence-electron chi connectivity index (χ1n) is 5.44. The molecule has 0 fully saturated rings. The van der Waals surface area contributed by atoms with E-state index in [1.54, 1.807) is 0 Å². The first kappa shape index (κ1) is 10.0. The maximum atomic E-state index is 3.22. The lowest BCUT2D eigenvalue weighted by Gasteiger charge is -2.03. The second-order valence-corrected chi connectivity index (χ2v) is 4.12. The molecule has 0 unspecified atom stereocenters. The third-order valence-corrected chi connectivity index (χ3v) is 2.83. The largest absolute Gasteiger partial charge is 0.365 e. The molecule has 0 amide bonds. The zero-order chi connectivity index (χ0) is 10.7. The van der Waals surface area contributed by atoms with Crippen LogP contribution in [0.5, 0.6) is 0 Å². The van der Waals surface area contributed by atoms with Gasteiger partial charge in [-0.25, -0.2) is 0 Å². The number of aromatic nitrogens is 1. The highest BCUT2D eigenvalue weighted by molar-refractivity contribution is 5.27. The second-order valence-electron chi connectivity index (χ2n) is 4.12. The number of nitrogens with one attached hydrogen (secondary N) is 1. The average molecular weight is 203 g/mol. The second kappa shape index (κ2) is 4.35. The van der Waals surface area contributed by atoms with Crippen molar-refractivity contribution in [1.82, 2.24) is 4.98 Å². The van der Waals surface area contributed by atoms with Crippen molar-refractivity contribution in [3.8, 4) is 0 Å². The van der Waals surface area contributed by atoms with Crippen molar-refractivity contribution in [2.75, 3.05) is 0 Å². The minimum Gasteiger partial charge on any atom is -0.365 e. The Morgan fingerprint density at radius 1 is 1.13 bits per heavy atom. The number of hydrogen-bond acceptors (Lipinski definition) is 0. The Morgan fingerprint density at radius 3 is 2.60 bits per heavy atom. The van der Waals surface area contributed by atoms with Crippen LogP contribution in [0.4, 0.5) is 0 Å². The van der Waals surface area contributed by atoms with E-state index >= 15 is 0 Å². The van der Waals surface area contributed by atoms with E-state index < -0.39 is 0 Å². The van der Waals surface area contributed by atoms with E-state index in [0.29, 0.717) is 0 Å². The molecule has 0 atom stereocenters. The van der Waals surface area contributed by atoms with E-state index in [1.165, 1.54) is 22.4 Å². The fourth-order valence-electron chi connectivity index (χ4n) is 1.88. The molecule has 0 saturated heterocycles. The Kier molecular flexibility index (Phi) is 2.91. The van der Waals surface area contributed by atoms with Crippen LogP contribution in [0.1, 0.15) is 25.2 Å². The maximum Gasteiger partial charge on any atom is 0.0118 e. The number of hydrogen-bond donors (Lipinski definition) is 1. The zero-order valence-electron chi connectivity index (χ0n) is 9.38. The van der Waals surface area contributed by atoms with Crippen molar-refractivity contribution in [3.05, 3.63) is 58.9 Å². The first-order valence-corrected chi connectivity index (χ1v) is 5.44. The Hall–Kier alpha value is -1.50. The highest BCUT2D eigenvalue weighted by Gasteiger charge is 1.99. The van der Waals surface area contributed by atoms with E-state index in [9.17, 15) is 0 Å². The molecule has 2 aromatic rings. The third-order valence-electron chi connectivity index (χ3n) is 2.83. The summed E-state index contributed by atoms with van der Waals surface area (Å²) < 4.78 is 0. The molecule has 2 rings (SSSR count). The van der Waals surface area contributed by atoms with Crippen LogP contribution in [-0.2, 0) is 12.8 Å². The van der Waals surface area contributed by atoms with E-state index in [2.05, 4.69) is 55.4 Å². The number of H-pyrrole nitrogens is 1. The quantitative estimate of drug-likeness (QED) is 0.778. The van der Waals surface area contributed by atoms with Crippen LogP contribution in [0.3, 0.4) is 0 Å². The summed E-state index contributed by atoms with van der Waals surface area (Å²) in [6.07, 6.45) is 4.35. The van der Waals surface area contributed by atoms with Gasteiger partial charge in [0.1, 0.15) is 0 Å². The van der Waals surface area contributed by atoms with Crippen LogP contribution in [0, 0.1) is 13.8 Å². The molecule has 0 saturated carbocycles. The summed E-state index contributed by atoms with van der Waals surface area (Å²) in [5.74, 6) is 0. The molecular formula is C14H21N. The summed E-state index contributed by atoms with van der Waals surface area (Å²) >= 11 is 0. The van der Waals surface area contributed by atoms with Crippen LogP contribution in [0.25, 0.3) is 0 Å². The topological polar surface area (TPSA) is 15.8 Å². The zero-order valence-corrected chi connectivity index (χ0v) is 9.38. The summed E-state index contributed by atoms with van der Waals surface area (Å²) in [7, 11) is 0. The molecule has 0 bridgehead atoms. The van der Waals surface area contributed by atoms with Crippen molar-refractivity contribution >= 4 is 0 Å². The molecule has 1 aromatic heterocycles. The van der Waals surface area contributed by atoms with Crippen LogP contribution in [0.2, 0.25) is 0 Å². The van der Waals surface area contributed by atoms with Gasteiger partial charge in [0, 0.05) is 14.7 Å². The van der Waals surface area contributed by atoms with Crippen molar-refractivity contribution in [3.63, 3.8) is 0 Å². The molecule has 1 nitrogen and oxygen atoms in total. The predicted molar refractivity (Wildman–Crippen MR) is 68.3 cm³/mol. The number of aromatic amines is 1. The van der Waals surface area contributed by atoms with Crippen LogP contribution >= 0.6 is 0 Å². The lowest BCUT2D eigenvalue weighted by atomic mass is 10.0. The fourth-order valence-corrected chi connectivity index (χ4v) is 1.88. The van der Waals surface area contributed by atoms with Crippen LogP contribution in [-0.4, -0.2) is 4.98 Å². The van der Waals surface area contributed by atoms with Crippen LogP contribution in [0.15, 0.2) is 36.5 Å². The monoisotopic (exact) mass is 203 g/mol. The van der Waals surface area contributed by atoms with Crippen molar-refractivity contribution in [1.29, 1.82) is 0 Å². The molecule has 1 N–H and O–H groups in total. The van der Waals surface area contributed by atoms with Gasteiger partial charge in [0.2, 0.25) is 0 Å². The van der Waals surface area contributed by atoms with E-state index in [1.807, 2.05) is 0 Å². The van der Waals surface area contributed by atoms with Crippen LogP contribution < -0.4 is 0 Å². The minimum atomic E-state index is 0.